The highest BCUT2D eigenvalue weighted by Gasteiger charge is 2.23. The lowest BCUT2D eigenvalue weighted by molar-refractivity contribution is -0.129. The molecule has 1 aromatic rings. The predicted molar refractivity (Wildman–Crippen MR) is 98.6 cm³/mol. The maximum absolute atomic E-state index is 11.7. The molecule has 0 aromatic carbocycles. The van der Waals surface area contributed by atoms with Crippen LogP contribution in [0.4, 0.5) is 0 Å². The molecule has 1 unspecified atom stereocenters. The maximum Gasteiger partial charge on any atom is 0.244 e. The second kappa shape index (κ2) is 11.3. The molecule has 1 heterocycles. The highest BCUT2D eigenvalue weighted by molar-refractivity contribution is 5.75. The van der Waals surface area contributed by atoms with E-state index < -0.39 is 5.91 Å². The third-order valence-corrected chi connectivity index (χ3v) is 5.11. The van der Waals surface area contributed by atoms with Gasteiger partial charge in [-0.1, -0.05) is 63.9 Å². The number of rotatable bonds is 11. The Morgan fingerprint density at radius 3 is 2.77 bits per heavy atom. The van der Waals surface area contributed by atoms with Crippen LogP contribution in [0.2, 0.25) is 0 Å². The number of hydrogen-bond donors (Lipinski definition) is 3. The largest absolute Gasteiger partial charge is 0.339 e. The second-order valence-corrected chi connectivity index (χ2v) is 7.94. The summed E-state index contributed by atoms with van der Waals surface area (Å²) < 4.78 is 5.41. The lowest BCUT2D eigenvalue weighted by atomic mass is 9.84. The van der Waals surface area contributed by atoms with Gasteiger partial charge in [0.25, 0.3) is 0 Å². The molecule has 1 aliphatic carbocycles. The molecule has 148 valence electrons. The zero-order chi connectivity index (χ0) is 18.8. The Balaban J connectivity index is 1.86. The van der Waals surface area contributed by atoms with Crippen LogP contribution in [0.1, 0.15) is 89.3 Å². The molecule has 2 rings (SSSR count). The molecule has 0 radical (unpaired) electrons. The summed E-state index contributed by atoms with van der Waals surface area (Å²) >= 11 is 0. The van der Waals surface area contributed by atoms with E-state index in [0.717, 1.165) is 25.3 Å². The summed E-state index contributed by atoms with van der Waals surface area (Å²) in [7, 11) is 0. The Labute approximate surface area is 156 Å². The van der Waals surface area contributed by atoms with Gasteiger partial charge in [-0.3, -0.25) is 10.0 Å². The van der Waals surface area contributed by atoms with Crippen molar-refractivity contribution in [1.82, 2.24) is 20.9 Å². The Kier molecular flexibility index (Phi) is 9.05. The van der Waals surface area contributed by atoms with Gasteiger partial charge in [0.2, 0.25) is 11.8 Å². The van der Waals surface area contributed by atoms with Crippen molar-refractivity contribution in [2.75, 3.05) is 6.54 Å². The quantitative estimate of drug-likeness (QED) is 0.409. The standard InChI is InChI=1S/C19H34N4O3/c1-14(2)12-20-13-17-21-19(26-23-17)16(11-18(24)22-25)10-6-9-15-7-4-3-5-8-15/h14-16,20,25H,3-13H2,1-2H3,(H,22,24). The highest BCUT2D eigenvalue weighted by Crippen LogP contribution is 2.31. The lowest BCUT2D eigenvalue weighted by Gasteiger charge is -2.22. The molecule has 1 fully saturated rings. The molecule has 1 saturated carbocycles. The van der Waals surface area contributed by atoms with Crippen LogP contribution in [-0.4, -0.2) is 27.8 Å². The van der Waals surface area contributed by atoms with E-state index in [9.17, 15) is 4.79 Å². The van der Waals surface area contributed by atoms with E-state index >= 15 is 0 Å². The van der Waals surface area contributed by atoms with Crippen LogP contribution in [0.15, 0.2) is 4.52 Å². The first-order valence-electron chi connectivity index (χ1n) is 10.0. The molecule has 0 spiro atoms. The minimum absolute atomic E-state index is 0.142. The molecule has 0 saturated heterocycles. The van der Waals surface area contributed by atoms with Crippen molar-refractivity contribution in [2.45, 2.75) is 84.1 Å². The Bertz CT molecular complexity index is 527. The molecule has 1 amide bonds. The molecule has 1 aromatic heterocycles. The molecule has 0 bridgehead atoms. The molecule has 26 heavy (non-hydrogen) atoms. The topological polar surface area (TPSA) is 100 Å². The van der Waals surface area contributed by atoms with Crippen molar-refractivity contribution in [2.24, 2.45) is 11.8 Å². The number of aromatic nitrogens is 2. The van der Waals surface area contributed by atoms with Crippen LogP contribution in [-0.2, 0) is 11.3 Å². The second-order valence-electron chi connectivity index (χ2n) is 7.94. The van der Waals surface area contributed by atoms with Gasteiger partial charge in [0, 0.05) is 12.3 Å². The lowest BCUT2D eigenvalue weighted by Crippen LogP contribution is -2.22. The van der Waals surface area contributed by atoms with Crippen molar-refractivity contribution in [3.63, 3.8) is 0 Å². The minimum atomic E-state index is -0.412. The SMILES string of the molecule is CC(C)CNCc1noc(C(CCCC2CCCCC2)CC(=O)NO)n1. The molecule has 3 N–H and O–H groups in total. The van der Waals surface area contributed by atoms with Gasteiger partial charge in [0.1, 0.15) is 0 Å². The third-order valence-electron chi connectivity index (χ3n) is 5.11. The van der Waals surface area contributed by atoms with E-state index in [1.807, 2.05) is 0 Å². The van der Waals surface area contributed by atoms with Crippen molar-refractivity contribution >= 4 is 5.91 Å². The van der Waals surface area contributed by atoms with Crippen LogP contribution < -0.4 is 10.8 Å². The van der Waals surface area contributed by atoms with Gasteiger partial charge in [-0.05, 0) is 24.8 Å². The Morgan fingerprint density at radius 1 is 1.31 bits per heavy atom. The van der Waals surface area contributed by atoms with Gasteiger partial charge in [-0.2, -0.15) is 4.98 Å². The molecule has 1 aliphatic rings. The first-order valence-corrected chi connectivity index (χ1v) is 10.0. The van der Waals surface area contributed by atoms with Gasteiger partial charge in [-0.25, -0.2) is 5.48 Å². The highest BCUT2D eigenvalue weighted by atomic mass is 16.5. The summed E-state index contributed by atoms with van der Waals surface area (Å²) in [5.41, 5.74) is 1.72. The number of nitrogens with one attached hydrogen (secondary N) is 2. The van der Waals surface area contributed by atoms with Crippen molar-refractivity contribution in [1.29, 1.82) is 0 Å². The summed E-state index contributed by atoms with van der Waals surface area (Å²) in [5, 5.41) is 16.2. The van der Waals surface area contributed by atoms with Crippen molar-refractivity contribution in [3.8, 4) is 0 Å². The van der Waals surface area contributed by atoms with E-state index in [-0.39, 0.29) is 12.3 Å². The summed E-state index contributed by atoms with van der Waals surface area (Å²) in [6.45, 7) is 5.74. The molecular weight excluding hydrogens is 332 g/mol. The number of amides is 1. The fourth-order valence-electron chi connectivity index (χ4n) is 3.69. The number of nitrogens with zero attached hydrogens (tertiary/aromatic N) is 2. The van der Waals surface area contributed by atoms with Crippen LogP contribution in [0.5, 0.6) is 0 Å². The fraction of sp³-hybridized carbons (Fsp3) is 0.842. The average molecular weight is 367 g/mol. The molecular formula is C19H34N4O3. The third kappa shape index (κ3) is 7.41. The summed E-state index contributed by atoms with van der Waals surface area (Å²) in [5.74, 6) is 1.93. The number of carbonyl (C=O) groups excluding carboxylic acids is 1. The monoisotopic (exact) mass is 366 g/mol. The van der Waals surface area contributed by atoms with Crippen molar-refractivity contribution < 1.29 is 14.5 Å². The Morgan fingerprint density at radius 2 is 2.08 bits per heavy atom. The smallest absolute Gasteiger partial charge is 0.244 e. The first-order chi connectivity index (χ1) is 12.6. The van der Waals surface area contributed by atoms with Crippen LogP contribution in [0, 0.1) is 11.8 Å². The van der Waals surface area contributed by atoms with E-state index in [1.54, 1.807) is 5.48 Å². The molecule has 7 nitrogen and oxygen atoms in total. The van der Waals surface area contributed by atoms with Gasteiger partial charge >= 0.3 is 0 Å². The Hall–Kier alpha value is -1.47. The molecule has 0 aliphatic heterocycles. The maximum atomic E-state index is 11.7. The van der Waals surface area contributed by atoms with E-state index in [4.69, 9.17) is 9.73 Å². The zero-order valence-corrected chi connectivity index (χ0v) is 16.2. The van der Waals surface area contributed by atoms with Gasteiger partial charge in [-0.15, -0.1) is 0 Å². The zero-order valence-electron chi connectivity index (χ0n) is 16.2. The minimum Gasteiger partial charge on any atom is -0.339 e. The van der Waals surface area contributed by atoms with E-state index in [1.165, 1.54) is 38.5 Å². The molecule has 7 heteroatoms. The van der Waals surface area contributed by atoms with Crippen LogP contribution in [0.3, 0.4) is 0 Å². The summed E-state index contributed by atoms with van der Waals surface area (Å²) in [6, 6.07) is 0. The number of carbonyl (C=O) groups is 1. The van der Waals surface area contributed by atoms with Crippen LogP contribution in [0.25, 0.3) is 0 Å². The van der Waals surface area contributed by atoms with Gasteiger partial charge in [0.15, 0.2) is 5.82 Å². The summed E-state index contributed by atoms with van der Waals surface area (Å²) in [6.07, 6.45) is 9.93. The van der Waals surface area contributed by atoms with Gasteiger partial charge in [0.05, 0.1) is 6.54 Å². The average Bonchev–Trinajstić information content (AvgIpc) is 3.10. The van der Waals surface area contributed by atoms with Crippen molar-refractivity contribution in [3.05, 3.63) is 11.7 Å². The normalized spacial score (nSPS) is 16.8. The fourth-order valence-corrected chi connectivity index (χ4v) is 3.69. The van der Waals surface area contributed by atoms with E-state index in [0.29, 0.717) is 24.2 Å². The molecule has 1 atom stereocenters. The summed E-state index contributed by atoms with van der Waals surface area (Å²) in [4.78, 5) is 16.1. The first kappa shape index (κ1) is 20.8. The number of hydrogen-bond acceptors (Lipinski definition) is 6. The van der Waals surface area contributed by atoms with E-state index in [2.05, 4.69) is 29.3 Å². The van der Waals surface area contributed by atoms with Crippen LogP contribution >= 0.6 is 0 Å². The number of hydroxylamine groups is 1. The predicted octanol–water partition coefficient (Wildman–Crippen LogP) is 3.54. The van der Waals surface area contributed by atoms with Gasteiger partial charge < -0.3 is 9.84 Å².